The minimum absolute atomic E-state index is 0.184. The van der Waals surface area contributed by atoms with E-state index < -0.39 is 23.3 Å². The number of unbranched alkanes of at least 4 members (excludes halogenated alkanes) is 3. The van der Waals surface area contributed by atoms with Crippen molar-refractivity contribution in [3.05, 3.63) is 42.5 Å². The van der Waals surface area contributed by atoms with Crippen molar-refractivity contribution in [2.75, 3.05) is 33.7 Å². The fourth-order valence-corrected chi connectivity index (χ4v) is 2.63. The third-order valence-corrected chi connectivity index (χ3v) is 4.71. The van der Waals surface area contributed by atoms with Crippen LogP contribution in [0.3, 0.4) is 0 Å². The first-order chi connectivity index (χ1) is 13.5. The van der Waals surface area contributed by atoms with Gasteiger partial charge in [-0.1, -0.05) is 44.4 Å². The molecule has 0 heterocycles. The third kappa shape index (κ3) is 11.4. The van der Waals surface area contributed by atoms with Gasteiger partial charge >= 0.3 is 10.4 Å². The Morgan fingerprint density at radius 1 is 1.11 bits per heavy atom. The van der Waals surface area contributed by atoms with Crippen molar-refractivity contribution in [1.82, 2.24) is 0 Å². The number of aryl methyl sites for hydroxylation is 1. The molecule has 28 heavy (non-hydrogen) atoms. The van der Waals surface area contributed by atoms with Gasteiger partial charge in [-0.3, -0.25) is 4.18 Å². The van der Waals surface area contributed by atoms with Gasteiger partial charge in [0.2, 0.25) is 0 Å². The van der Waals surface area contributed by atoms with Crippen LogP contribution >= 0.6 is 0 Å². The quantitative estimate of drug-likeness (QED) is 0.218. The molecular formula is C20H32O7S. The maximum atomic E-state index is 11.2. The maximum absolute atomic E-state index is 11.2. The first kappa shape index (κ1) is 24.6. The van der Waals surface area contributed by atoms with Crippen LogP contribution in [0.1, 0.15) is 38.2 Å². The summed E-state index contributed by atoms with van der Waals surface area (Å²) in [5.41, 5.74) is 1.28. The van der Waals surface area contributed by atoms with Gasteiger partial charge in [0.1, 0.15) is 18.5 Å². The van der Waals surface area contributed by atoms with Crippen LogP contribution in [0.2, 0.25) is 0 Å². The molecule has 0 aliphatic heterocycles. The van der Waals surface area contributed by atoms with Crippen LogP contribution in [-0.4, -0.2) is 48.2 Å². The Morgan fingerprint density at radius 3 is 2.50 bits per heavy atom. The minimum Gasteiger partial charge on any atom is -0.491 e. The van der Waals surface area contributed by atoms with E-state index in [1.807, 2.05) is 12.1 Å². The van der Waals surface area contributed by atoms with Crippen molar-refractivity contribution in [3.63, 3.8) is 0 Å². The zero-order chi connectivity index (χ0) is 20.7. The van der Waals surface area contributed by atoms with E-state index in [0.717, 1.165) is 13.5 Å². The monoisotopic (exact) mass is 416 g/mol. The first-order valence-corrected chi connectivity index (χ1v) is 10.8. The van der Waals surface area contributed by atoms with Gasteiger partial charge in [-0.05, 0) is 30.5 Å². The largest absolute Gasteiger partial charge is 0.491 e. The van der Waals surface area contributed by atoms with E-state index in [-0.39, 0.29) is 13.2 Å². The second-order valence-corrected chi connectivity index (χ2v) is 7.58. The Labute approximate surface area is 168 Å². The first-order valence-electron chi connectivity index (χ1n) is 9.47. The summed E-state index contributed by atoms with van der Waals surface area (Å²) in [4.78, 5) is 0. The lowest BCUT2D eigenvalue weighted by Crippen LogP contribution is -2.29. The van der Waals surface area contributed by atoms with Crippen LogP contribution in [0, 0.1) is 0 Å². The van der Waals surface area contributed by atoms with E-state index >= 15 is 0 Å². The zero-order valence-electron chi connectivity index (χ0n) is 16.8. The second-order valence-electron chi connectivity index (χ2n) is 6.19. The molecule has 0 bridgehead atoms. The van der Waals surface area contributed by atoms with Crippen LogP contribution in [0.4, 0.5) is 0 Å². The molecule has 1 aromatic carbocycles. The molecular weight excluding hydrogens is 384 g/mol. The summed E-state index contributed by atoms with van der Waals surface area (Å²) in [5.74, 6) is 0.708. The summed E-state index contributed by atoms with van der Waals surface area (Å²) in [7, 11) is -3.04. The summed E-state index contributed by atoms with van der Waals surface area (Å²) in [6.45, 7) is 6.03. The number of hydrogen-bond acceptors (Lipinski definition) is 7. The predicted octanol–water partition coefficient (Wildman–Crippen LogP) is 3.64. The van der Waals surface area contributed by atoms with E-state index in [1.165, 1.54) is 31.2 Å². The highest BCUT2D eigenvalue weighted by Gasteiger charge is 2.14. The molecule has 0 saturated carbocycles. The Balaban J connectivity index is 2.45. The number of ether oxygens (including phenoxy) is 3. The molecule has 0 saturated heterocycles. The molecule has 0 spiro atoms. The van der Waals surface area contributed by atoms with Crippen molar-refractivity contribution in [2.45, 2.75) is 45.1 Å². The number of rotatable bonds is 17. The highest BCUT2D eigenvalue weighted by atomic mass is 32.3. The van der Waals surface area contributed by atoms with Gasteiger partial charge in [0, 0.05) is 0 Å². The minimum atomic E-state index is -4.05. The van der Waals surface area contributed by atoms with Crippen molar-refractivity contribution in [2.24, 2.45) is 0 Å². The molecule has 0 aliphatic carbocycles. The normalized spacial score (nSPS) is 12.6. The molecule has 0 N–H and O–H groups in total. The average molecular weight is 417 g/mol. The van der Waals surface area contributed by atoms with E-state index in [1.54, 1.807) is 6.08 Å². The van der Waals surface area contributed by atoms with E-state index in [2.05, 4.69) is 34.0 Å². The SMILES string of the molecule is C=CCOCC(COc1ccc(CCCCCC)cc1)OCOS(=O)(=O)OC. The van der Waals surface area contributed by atoms with Gasteiger partial charge < -0.3 is 14.2 Å². The van der Waals surface area contributed by atoms with Gasteiger partial charge in [-0.2, -0.15) is 8.42 Å². The Bertz CT molecular complexity index is 628. The van der Waals surface area contributed by atoms with Crippen molar-refractivity contribution in [3.8, 4) is 5.75 Å². The fraction of sp³-hybridized carbons (Fsp3) is 0.600. The summed E-state index contributed by atoms with van der Waals surface area (Å²) in [5, 5.41) is 0. The Kier molecular flexibility index (Phi) is 12.8. The molecule has 0 amide bonds. The average Bonchev–Trinajstić information content (AvgIpc) is 2.70. The number of hydrogen-bond donors (Lipinski definition) is 0. The molecule has 8 heteroatoms. The molecule has 1 rings (SSSR count). The van der Waals surface area contributed by atoms with Crippen LogP contribution in [0.15, 0.2) is 36.9 Å². The van der Waals surface area contributed by atoms with Crippen molar-refractivity contribution in [1.29, 1.82) is 0 Å². The lowest BCUT2D eigenvalue weighted by atomic mass is 10.1. The molecule has 7 nitrogen and oxygen atoms in total. The molecule has 1 aromatic rings. The Hall–Kier alpha value is -1.45. The second kappa shape index (κ2) is 14.5. The Morgan fingerprint density at radius 2 is 1.86 bits per heavy atom. The van der Waals surface area contributed by atoms with Gasteiger partial charge in [-0.25, -0.2) is 4.18 Å². The molecule has 0 aromatic heterocycles. The van der Waals surface area contributed by atoms with Crippen LogP contribution in [-0.2, 0) is 34.7 Å². The van der Waals surface area contributed by atoms with Gasteiger partial charge in [0.15, 0.2) is 6.79 Å². The van der Waals surface area contributed by atoms with E-state index in [0.29, 0.717) is 12.4 Å². The molecule has 0 fully saturated rings. The summed E-state index contributed by atoms with van der Waals surface area (Å²) < 4.78 is 47.5. The lowest BCUT2D eigenvalue weighted by Gasteiger charge is -2.18. The highest BCUT2D eigenvalue weighted by Crippen LogP contribution is 2.15. The standard InChI is InChI=1S/C20H32O7S/c1-4-6-7-8-9-18-10-12-19(13-11-18)25-16-20(15-24-14-5-2)26-17-27-28(21,22)23-3/h5,10-13,20H,2,4,6-9,14-17H2,1,3H3. The topological polar surface area (TPSA) is 80.3 Å². The van der Waals surface area contributed by atoms with Crippen LogP contribution < -0.4 is 4.74 Å². The predicted molar refractivity (Wildman–Crippen MR) is 108 cm³/mol. The molecule has 0 aliphatic rings. The summed E-state index contributed by atoms with van der Waals surface area (Å²) in [6, 6.07) is 7.95. The maximum Gasteiger partial charge on any atom is 0.401 e. The summed E-state index contributed by atoms with van der Waals surface area (Å²) >= 11 is 0. The van der Waals surface area contributed by atoms with E-state index in [4.69, 9.17) is 14.2 Å². The van der Waals surface area contributed by atoms with Gasteiger partial charge in [0.05, 0.1) is 20.3 Å². The van der Waals surface area contributed by atoms with Gasteiger partial charge in [0.25, 0.3) is 0 Å². The zero-order valence-corrected chi connectivity index (χ0v) is 17.6. The highest BCUT2D eigenvalue weighted by molar-refractivity contribution is 7.81. The molecule has 0 radical (unpaired) electrons. The lowest BCUT2D eigenvalue weighted by molar-refractivity contribution is -0.0836. The number of benzene rings is 1. The van der Waals surface area contributed by atoms with Gasteiger partial charge in [-0.15, -0.1) is 6.58 Å². The van der Waals surface area contributed by atoms with Crippen LogP contribution in [0.5, 0.6) is 5.75 Å². The van der Waals surface area contributed by atoms with Crippen molar-refractivity contribution >= 4 is 10.4 Å². The van der Waals surface area contributed by atoms with Crippen LogP contribution in [0.25, 0.3) is 0 Å². The molecule has 160 valence electrons. The summed E-state index contributed by atoms with van der Waals surface area (Å²) in [6.07, 6.45) is 7.10. The molecule has 1 unspecified atom stereocenters. The van der Waals surface area contributed by atoms with Crippen molar-refractivity contribution < 1.29 is 31.0 Å². The fourth-order valence-electron chi connectivity index (χ4n) is 2.36. The smallest absolute Gasteiger partial charge is 0.401 e. The van der Waals surface area contributed by atoms with E-state index in [9.17, 15) is 8.42 Å². The molecule has 1 atom stereocenters. The third-order valence-electron chi connectivity index (χ3n) is 3.92.